The van der Waals surface area contributed by atoms with Crippen molar-refractivity contribution in [2.45, 2.75) is 0 Å². The molecule has 1 rings (SSSR count). The van der Waals surface area contributed by atoms with E-state index in [0.29, 0.717) is 0 Å². The number of carbonyl (C=O) groups is 1. The van der Waals surface area contributed by atoms with Crippen LogP contribution in [0.2, 0.25) is 0 Å². The van der Waals surface area contributed by atoms with Gasteiger partial charge in [-0.1, -0.05) is 0 Å². The second kappa shape index (κ2) is 6.70. The van der Waals surface area contributed by atoms with Crippen molar-refractivity contribution in [3.63, 3.8) is 0 Å². The Morgan fingerprint density at radius 3 is 1.80 bits per heavy atom. The summed E-state index contributed by atoms with van der Waals surface area (Å²) in [6, 6.07) is 0. The molecule has 0 aliphatic carbocycles. The van der Waals surface area contributed by atoms with Gasteiger partial charge in [-0.25, -0.2) is 4.79 Å². The first-order chi connectivity index (χ1) is 4.73. The van der Waals surface area contributed by atoms with Gasteiger partial charge in [-0.15, -0.1) is 0 Å². The average Bonchev–Trinajstić information content (AvgIpc) is 1.90. The monoisotopic (exact) mass is 165 g/mol. The maximum Gasteiger partial charge on any atom is 0.503 e. The standard InChI is InChI=1S/C4H9NS.CH2O3/c1-3-6-4-2-5-1;2-1(3)4/h5H,1-4H2;(H2,2,3,4). The second-order valence-corrected chi connectivity index (χ2v) is 2.87. The molecule has 0 spiro atoms. The Labute approximate surface area is 63.6 Å². The van der Waals surface area contributed by atoms with Crippen LogP contribution in [0.5, 0.6) is 0 Å². The third-order valence-electron chi connectivity index (χ3n) is 0.846. The second-order valence-electron chi connectivity index (χ2n) is 1.64. The molecule has 0 bridgehead atoms. The molecule has 1 aliphatic rings. The molecule has 0 saturated carbocycles. The van der Waals surface area contributed by atoms with Crippen LogP contribution in [-0.4, -0.2) is 41.0 Å². The van der Waals surface area contributed by atoms with Crippen molar-refractivity contribution < 1.29 is 15.0 Å². The summed E-state index contributed by atoms with van der Waals surface area (Å²) in [6.07, 6.45) is -1.83. The fraction of sp³-hybridized carbons (Fsp3) is 0.800. The number of thioether (sulfide) groups is 1. The topological polar surface area (TPSA) is 69.6 Å². The Balaban J connectivity index is 0.000000180. The molecule has 0 aromatic carbocycles. The molecule has 1 saturated heterocycles. The van der Waals surface area contributed by atoms with Crippen LogP contribution in [0, 0.1) is 0 Å². The highest BCUT2D eigenvalue weighted by molar-refractivity contribution is 7.99. The first-order valence-corrected chi connectivity index (χ1v) is 4.09. The first kappa shape index (κ1) is 9.58. The van der Waals surface area contributed by atoms with Gasteiger partial charge in [0.25, 0.3) is 0 Å². The van der Waals surface area contributed by atoms with Crippen molar-refractivity contribution in [2.24, 2.45) is 0 Å². The molecule has 60 valence electrons. The van der Waals surface area contributed by atoms with Crippen LogP contribution in [0.3, 0.4) is 0 Å². The van der Waals surface area contributed by atoms with Crippen LogP contribution in [0.25, 0.3) is 0 Å². The highest BCUT2D eigenvalue weighted by atomic mass is 32.2. The number of rotatable bonds is 0. The van der Waals surface area contributed by atoms with Crippen molar-refractivity contribution in [3.8, 4) is 0 Å². The van der Waals surface area contributed by atoms with Gasteiger partial charge in [-0.2, -0.15) is 11.8 Å². The van der Waals surface area contributed by atoms with E-state index in [1.807, 2.05) is 11.8 Å². The van der Waals surface area contributed by atoms with Crippen LogP contribution in [0.1, 0.15) is 0 Å². The van der Waals surface area contributed by atoms with Gasteiger partial charge in [0.2, 0.25) is 0 Å². The Morgan fingerprint density at radius 1 is 1.30 bits per heavy atom. The maximum atomic E-state index is 8.56. The Bertz CT molecular complexity index is 79.4. The molecule has 4 nitrogen and oxygen atoms in total. The zero-order valence-electron chi connectivity index (χ0n) is 5.54. The number of nitrogens with one attached hydrogen (secondary N) is 1. The van der Waals surface area contributed by atoms with Gasteiger partial charge in [-0.05, 0) is 0 Å². The first-order valence-electron chi connectivity index (χ1n) is 2.94. The Kier molecular flexibility index (Phi) is 6.42. The number of carboxylic acid groups (broad SMARTS) is 2. The molecule has 0 aromatic rings. The quantitative estimate of drug-likeness (QED) is 0.489. The molecular weight excluding hydrogens is 154 g/mol. The zero-order valence-corrected chi connectivity index (χ0v) is 6.36. The van der Waals surface area contributed by atoms with Crippen LogP contribution in [0.15, 0.2) is 0 Å². The molecule has 1 heterocycles. The van der Waals surface area contributed by atoms with Gasteiger partial charge < -0.3 is 15.5 Å². The van der Waals surface area contributed by atoms with E-state index >= 15 is 0 Å². The summed E-state index contributed by atoms with van der Waals surface area (Å²) in [6.45, 7) is 2.43. The fourth-order valence-electron chi connectivity index (χ4n) is 0.516. The predicted octanol–water partition coefficient (Wildman–Crippen LogP) is 0.545. The fourth-order valence-corrected chi connectivity index (χ4v) is 1.30. The minimum Gasteiger partial charge on any atom is -0.450 e. The molecule has 10 heavy (non-hydrogen) atoms. The highest BCUT2D eigenvalue weighted by Gasteiger charge is 1.93. The minimum atomic E-state index is -1.83. The van der Waals surface area contributed by atoms with Crippen molar-refractivity contribution in [1.29, 1.82) is 0 Å². The molecular formula is C5H11NO3S. The predicted molar refractivity (Wildman–Crippen MR) is 40.8 cm³/mol. The molecule has 5 heteroatoms. The highest BCUT2D eigenvalue weighted by Crippen LogP contribution is 1.99. The van der Waals surface area contributed by atoms with Crippen molar-refractivity contribution in [1.82, 2.24) is 5.32 Å². The van der Waals surface area contributed by atoms with E-state index in [-0.39, 0.29) is 0 Å². The van der Waals surface area contributed by atoms with Crippen molar-refractivity contribution in [3.05, 3.63) is 0 Å². The van der Waals surface area contributed by atoms with Gasteiger partial charge in [-0.3, -0.25) is 0 Å². The van der Waals surface area contributed by atoms with E-state index in [1.165, 1.54) is 24.6 Å². The SMILES string of the molecule is C1CSCCN1.O=C(O)O. The molecule has 0 amide bonds. The Morgan fingerprint density at radius 2 is 1.70 bits per heavy atom. The van der Waals surface area contributed by atoms with E-state index < -0.39 is 6.16 Å². The molecule has 1 aliphatic heterocycles. The number of hydrogen-bond acceptors (Lipinski definition) is 3. The van der Waals surface area contributed by atoms with Crippen molar-refractivity contribution >= 4 is 17.9 Å². The molecule has 0 aromatic heterocycles. The molecule has 0 unspecified atom stereocenters. The normalized spacial score (nSPS) is 16.8. The summed E-state index contributed by atoms with van der Waals surface area (Å²) in [5.74, 6) is 2.61. The van der Waals surface area contributed by atoms with Crippen molar-refractivity contribution in [2.75, 3.05) is 24.6 Å². The zero-order chi connectivity index (χ0) is 7.82. The lowest BCUT2D eigenvalue weighted by Crippen LogP contribution is -2.24. The lowest BCUT2D eigenvalue weighted by molar-refractivity contribution is 0.137. The van der Waals surface area contributed by atoms with Crippen LogP contribution < -0.4 is 5.32 Å². The molecule has 1 fully saturated rings. The van der Waals surface area contributed by atoms with Crippen LogP contribution in [-0.2, 0) is 0 Å². The van der Waals surface area contributed by atoms with Gasteiger partial charge in [0, 0.05) is 24.6 Å². The van der Waals surface area contributed by atoms with Crippen LogP contribution in [0.4, 0.5) is 4.79 Å². The summed E-state index contributed by atoms with van der Waals surface area (Å²) >= 11 is 2.03. The molecule has 0 atom stereocenters. The third kappa shape index (κ3) is 10.5. The van der Waals surface area contributed by atoms with E-state index in [4.69, 9.17) is 15.0 Å². The van der Waals surface area contributed by atoms with E-state index in [1.54, 1.807) is 0 Å². The summed E-state index contributed by atoms with van der Waals surface area (Å²) in [5.41, 5.74) is 0. The van der Waals surface area contributed by atoms with Gasteiger partial charge in [0.05, 0.1) is 0 Å². The lowest BCUT2D eigenvalue weighted by atomic mass is 10.6. The summed E-state index contributed by atoms with van der Waals surface area (Å²) in [5, 5.41) is 17.2. The largest absolute Gasteiger partial charge is 0.503 e. The summed E-state index contributed by atoms with van der Waals surface area (Å²) in [4.78, 5) is 8.56. The van der Waals surface area contributed by atoms with Gasteiger partial charge in [0.1, 0.15) is 0 Å². The summed E-state index contributed by atoms with van der Waals surface area (Å²) < 4.78 is 0. The number of hydrogen-bond donors (Lipinski definition) is 3. The average molecular weight is 165 g/mol. The van der Waals surface area contributed by atoms with E-state index in [2.05, 4.69) is 5.32 Å². The molecule has 3 N–H and O–H groups in total. The van der Waals surface area contributed by atoms with Crippen LogP contribution >= 0.6 is 11.8 Å². The van der Waals surface area contributed by atoms with Gasteiger partial charge >= 0.3 is 6.16 Å². The van der Waals surface area contributed by atoms with Gasteiger partial charge in [0.15, 0.2) is 0 Å². The minimum absolute atomic E-state index is 1.21. The summed E-state index contributed by atoms with van der Waals surface area (Å²) in [7, 11) is 0. The van der Waals surface area contributed by atoms with E-state index in [9.17, 15) is 0 Å². The molecule has 0 radical (unpaired) electrons. The smallest absolute Gasteiger partial charge is 0.450 e. The third-order valence-corrected chi connectivity index (χ3v) is 1.83. The lowest BCUT2D eigenvalue weighted by Gasteiger charge is -2.08. The maximum absolute atomic E-state index is 8.56. The van der Waals surface area contributed by atoms with E-state index in [0.717, 1.165) is 0 Å². The Hall–Kier alpha value is -0.420.